The van der Waals surface area contributed by atoms with Crippen LogP contribution in [0.15, 0.2) is 23.0 Å². The first-order valence-corrected chi connectivity index (χ1v) is 5.61. The molecule has 2 atom stereocenters. The van der Waals surface area contributed by atoms with E-state index >= 15 is 0 Å². The number of pyridine rings is 1. The topological polar surface area (TPSA) is 42.3 Å². The van der Waals surface area contributed by atoms with E-state index in [-0.39, 0.29) is 17.4 Å². The van der Waals surface area contributed by atoms with Gasteiger partial charge in [-0.05, 0) is 18.4 Å². The summed E-state index contributed by atoms with van der Waals surface area (Å²) >= 11 is 0. The zero-order valence-corrected chi connectivity index (χ0v) is 9.22. The minimum Gasteiger partial charge on any atom is -0.345 e. The highest BCUT2D eigenvalue weighted by Crippen LogP contribution is 2.35. The average molecular weight is 218 g/mol. The number of likely N-dealkylation sites (tertiary alicyclic amines) is 1. The van der Waals surface area contributed by atoms with Crippen molar-refractivity contribution in [1.82, 2.24) is 9.47 Å². The molecule has 0 saturated carbocycles. The Labute approximate surface area is 93.5 Å². The van der Waals surface area contributed by atoms with Crippen LogP contribution in [0.4, 0.5) is 0 Å². The molecule has 1 fully saturated rings. The average Bonchev–Trinajstić information content (AvgIpc) is 2.27. The van der Waals surface area contributed by atoms with Crippen molar-refractivity contribution in [3.05, 3.63) is 34.2 Å². The molecular formula is C12H14N2O2. The van der Waals surface area contributed by atoms with Crippen molar-refractivity contribution in [2.24, 2.45) is 5.92 Å². The largest absolute Gasteiger partial charge is 0.345 e. The van der Waals surface area contributed by atoms with Gasteiger partial charge in [-0.15, -0.1) is 0 Å². The van der Waals surface area contributed by atoms with Crippen LogP contribution in [0.2, 0.25) is 0 Å². The van der Waals surface area contributed by atoms with Gasteiger partial charge in [-0.2, -0.15) is 0 Å². The van der Waals surface area contributed by atoms with Gasteiger partial charge in [0.1, 0.15) is 0 Å². The Hall–Kier alpha value is -1.58. The summed E-state index contributed by atoms with van der Waals surface area (Å²) in [6.07, 6.45) is 0.895. The maximum Gasteiger partial charge on any atom is 0.250 e. The van der Waals surface area contributed by atoms with E-state index < -0.39 is 0 Å². The third-order valence-electron chi connectivity index (χ3n) is 3.66. The van der Waals surface area contributed by atoms with Crippen LogP contribution in [0, 0.1) is 5.92 Å². The summed E-state index contributed by atoms with van der Waals surface area (Å²) in [4.78, 5) is 25.5. The fraction of sp³-hybridized carbons (Fsp3) is 0.500. The van der Waals surface area contributed by atoms with E-state index in [0.29, 0.717) is 5.92 Å². The molecule has 0 spiro atoms. The molecule has 4 nitrogen and oxygen atoms in total. The van der Waals surface area contributed by atoms with Gasteiger partial charge in [0.05, 0.1) is 5.92 Å². The fourth-order valence-corrected chi connectivity index (χ4v) is 2.93. The van der Waals surface area contributed by atoms with Gasteiger partial charge in [0, 0.05) is 31.9 Å². The Morgan fingerprint density at radius 3 is 2.88 bits per heavy atom. The molecule has 2 bridgehead atoms. The first kappa shape index (κ1) is 9.63. The molecule has 1 aromatic rings. The van der Waals surface area contributed by atoms with Gasteiger partial charge >= 0.3 is 0 Å². The second kappa shape index (κ2) is 3.20. The summed E-state index contributed by atoms with van der Waals surface area (Å²) < 4.78 is 1.77. The molecule has 2 aliphatic rings. The van der Waals surface area contributed by atoms with Crippen molar-refractivity contribution < 1.29 is 4.79 Å². The Bertz CT molecular complexity index is 506. The normalized spacial score (nSPS) is 27.8. The van der Waals surface area contributed by atoms with Crippen LogP contribution in [0.25, 0.3) is 0 Å². The van der Waals surface area contributed by atoms with Crippen LogP contribution in [0.5, 0.6) is 0 Å². The summed E-state index contributed by atoms with van der Waals surface area (Å²) in [5.41, 5.74) is 0.907. The molecule has 0 aromatic carbocycles. The minimum absolute atomic E-state index is 0.0181. The minimum atomic E-state index is -0.105. The lowest BCUT2D eigenvalue weighted by molar-refractivity contribution is -0.136. The number of carbonyl (C=O) groups is 1. The molecule has 84 valence electrons. The quantitative estimate of drug-likeness (QED) is 0.633. The zero-order valence-electron chi connectivity index (χ0n) is 9.22. The molecule has 0 N–H and O–H groups in total. The monoisotopic (exact) mass is 218 g/mol. The van der Waals surface area contributed by atoms with Crippen LogP contribution in [-0.2, 0) is 11.3 Å². The molecule has 1 saturated heterocycles. The number of carbonyl (C=O) groups excluding carboxylic acids is 1. The molecule has 0 unspecified atom stereocenters. The number of amides is 1. The van der Waals surface area contributed by atoms with E-state index in [9.17, 15) is 9.59 Å². The number of hydrogen-bond acceptors (Lipinski definition) is 2. The molecular weight excluding hydrogens is 204 g/mol. The standard InChI is InChI=1S/C12H14N2O2/c1-13-6-8-5-9(12(13)16)10-3-2-4-11(15)14(10)7-8/h2-4,8-9H,5-7H2,1H3/t8-,9-/m1/s1. The summed E-state index contributed by atoms with van der Waals surface area (Å²) in [5.74, 6) is 0.474. The first-order chi connectivity index (χ1) is 7.66. The van der Waals surface area contributed by atoms with Gasteiger partial charge in [-0.25, -0.2) is 0 Å². The summed E-state index contributed by atoms with van der Waals surface area (Å²) in [7, 11) is 1.85. The lowest BCUT2D eigenvalue weighted by Crippen LogP contribution is -2.48. The summed E-state index contributed by atoms with van der Waals surface area (Å²) in [5, 5.41) is 0. The molecule has 4 heteroatoms. The van der Waals surface area contributed by atoms with Crippen molar-refractivity contribution in [3.63, 3.8) is 0 Å². The molecule has 3 heterocycles. The number of hydrogen-bond donors (Lipinski definition) is 0. The molecule has 16 heavy (non-hydrogen) atoms. The van der Waals surface area contributed by atoms with Gasteiger partial charge in [0.2, 0.25) is 5.91 Å². The predicted octanol–water partition coefficient (Wildman–Crippen LogP) is 0.424. The van der Waals surface area contributed by atoms with Crippen molar-refractivity contribution in [3.8, 4) is 0 Å². The van der Waals surface area contributed by atoms with Crippen molar-refractivity contribution in [1.29, 1.82) is 0 Å². The highest BCUT2D eigenvalue weighted by molar-refractivity contribution is 5.84. The molecule has 3 rings (SSSR count). The van der Waals surface area contributed by atoms with Crippen molar-refractivity contribution in [2.45, 2.75) is 18.9 Å². The number of nitrogens with zero attached hydrogens (tertiary/aromatic N) is 2. The van der Waals surface area contributed by atoms with E-state index in [1.165, 1.54) is 0 Å². The second-order valence-electron chi connectivity index (χ2n) is 4.77. The lowest BCUT2D eigenvalue weighted by Gasteiger charge is -2.40. The smallest absolute Gasteiger partial charge is 0.250 e. The number of piperidine rings is 1. The summed E-state index contributed by atoms with van der Waals surface area (Å²) in [6, 6.07) is 5.22. The number of likely N-dealkylation sites (N-methyl/N-ethyl adjacent to an activating group) is 1. The van der Waals surface area contributed by atoms with Crippen molar-refractivity contribution in [2.75, 3.05) is 13.6 Å². The fourth-order valence-electron chi connectivity index (χ4n) is 2.93. The molecule has 0 radical (unpaired) electrons. The third-order valence-corrected chi connectivity index (χ3v) is 3.66. The van der Waals surface area contributed by atoms with Crippen LogP contribution in [0.1, 0.15) is 18.0 Å². The number of aromatic nitrogens is 1. The lowest BCUT2D eigenvalue weighted by atomic mass is 9.83. The van der Waals surface area contributed by atoms with E-state index in [0.717, 1.165) is 25.2 Å². The Morgan fingerprint density at radius 1 is 1.25 bits per heavy atom. The van der Waals surface area contributed by atoms with Crippen LogP contribution >= 0.6 is 0 Å². The maximum absolute atomic E-state index is 12.0. The molecule has 1 amide bonds. The van der Waals surface area contributed by atoms with Crippen LogP contribution in [0.3, 0.4) is 0 Å². The Kier molecular flexibility index (Phi) is 1.93. The van der Waals surface area contributed by atoms with Crippen molar-refractivity contribution >= 4 is 5.91 Å². The van der Waals surface area contributed by atoms with E-state index in [4.69, 9.17) is 0 Å². The zero-order chi connectivity index (χ0) is 11.3. The van der Waals surface area contributed by atoms with E-state index in [2.05, 4.69) is 0 Å². The second-order valence-corrected chi connectivity index (χ2v) is 4.77. The summed E-state index contributed by atoms with van der Waals surface area (Å²) in [6.45, 7) is 1.53. The molecule has 0 aliphatic carbocycles. The van der Waals surface area contributed by atoms with Gasteiger partial charge in [-0.3, -0.25) is 9.59 Å². The molecule has 1 aromatic heterocycles. The third kappa shape index (κ3) is 1.22. The van der Waals surface area contributed by atoms with Gasteiger partial charge in [0.25, 0.3) is 5.56 Å². The van der Waals surface area contributed by atoms with Crippen LogP contribution < -0.4 is 5.56 Å². The Balaban J connectivity index is 2.16. The van der Waals surface area contributed by atoms with E-state index in [1.54, 1.807) is 21.6 Å². The van der Waals surface area contributed by atoms with Crippen LogP contribution in [-0.4, -0.2) is 29.0 Å². The van der Waals surface area contributed by atoms with Gasteiger partial charge in [-0.1, -0.05) is 6.07 Å². The number of rotatable bonds is 0. The maximum atomic E-state index is 12.0. The Morgan fingerprint density at radius 2 is 2.06 bits per heavy atom. The predicted molar refractivity (Wildman–Crippen MR) is 59.2 cm³/mol. The first-order valence-electron chi connectivity index (χ1n) is 5.61. The number of fused-ring (bicyclic) bond motifs is 4. The highest BCUT2D eigenvalue weighted by Gasteiger charge is 2.38. The van der Waals surface area contributed by atoms with Gasteiger partial charge < -0.3 is 9.47 Å². The SMILES string of the molecule is CN1C[C@H]2C[C@@H](C1=O)c1cccc(=O)n1C2. The van der Waals surface area contributed by atoms with E-state index in [1.807, 2.05) is 13.1 Å². The van der Waals surface area contributed by atoms with Gasteiger partial charge in [0.15, 0.2) is 0 Å². The molecule has 2 aliphatic heterocycles. The highest BCUT2D eigenvalue weighted by atomic mass is 16.2.